The standard InChI is InChI=1S/C28H17FO6/c29-25-15-24(34-27(32)20-3-1-18-13-22(30)7-5-16(18)11-20)9-10-26(25)35-28(33)21-4-2-19-14-23(31)8-6-17(19)12-21/h1-15,30-31H. The average Bonchev–Trinajstić information content (AvgIpc) is 2.84. The van der Waals surface area contributed by atoms with Crippen molar-refractivity contribution in [2.75, 3.05) is 0 Å². The maximum atomic E-state index is 14.6. The Morgan fingerprint density at radius 1 is 0.571 bits per heavy atom. The van der Waals surface area contributed by atoms with Crippen molar-refractivity contribution in [2.45, 2.75) is 0 Å². The largest absolute Gasteiger partial charge is 0.508 e. The third-order valence-corrected chi connectivity index (χ3v) is 5.44. The van der Waals surface area contributed by atoms with Gasteiger partial charge in [-0.3, -0.25) is 0 Å². The second-order valence-electron chi connectivity index (χ2n) is 7.86. The summed E-state index contributed by atoms with van der Waals surface area (Å²) in [5.74, 6) is -2.46. The fourth-order valence-corrected chi connectivity index (χ4v) is 3.67. The first-order valence-corrected chi connectivity index (χ1v) is 10.6. The number of hydrogen-bond donors (Lipinski definition) is 2. The minimum absolute atomic E-state index is 0.0522. The lowest BCUT2D eigenvalue weighted by Crippen LogP contribution is -2.11. The van der Waals surface area contributed by atoms with E-state index in [0.717, 1.165) is 22.2 Å². The maximum Gasteiger partial charge on any atom is 0.343 e. The first-order valence-electron chi connectivity index (χ1n) is 10.6. The molecule has 6 nitrogen and oxygen atoms in total. The number of esters is 2. The first-order chi connectivity index (χ1) is 16.9. The molecule has 35 heavy (non-hydrogen) atoms. The van der Waals surface area contributed by atoms with E-state index in [1.165, 1.54) is 30.3 Å². The number of phenols is 2. The van der Waals surface area contributed by atoms with Gasteiger partial charge >= 0.3 is 11.9 Å². The minimum Gasteiger partial charge on any atom is -0.508 e. The van der Waals surface area contributed by atoms with E-state index in [-0.39, 0.29) is 34.1 Å². The van der Waals surface area contributed by atoms with E-state index in [0.29, 0.717) is 5.39 Å². The highest BCUT2D eigenvalue weighted by atomic mass is 19.1. The SMILES string of the molecule is O=C(Oc1ccc(OC(=O)c2ccc3cc(O)ccc3c2)c(F)c1)c1ccc2cc(O)ccc2c1. The molecule has 0 aliphatic heterocycles. The first kappa shape index (κ1) is 21.9. The summed E-state index contributed by atoms with van der Waals surface area (Å²) in [6, 6.07) is 22.5. The van der Waals surface area contributed by atoms with E-state index in [9.17, 15) is 24.2 Å². The Labute approximate surface area is 198 Å². The zero-order chi connectivity index (χ0) is 24.5. The van der Waals surface area contributed by atoms with Crippen LogP contribution >= 0.6 is 0 Å². The fourth-order valence-electron chi connectivity index (χ4n) is 3.67. The van der Waals surface area contributed by atoms with Crippen molar-refractivity contribution < 1.29 is 33.7 Å². The lowest BCUT2D eigenvalue weighted by atomic mass is 10.1. The molecular formula is C28H17FO6. The number of fused-ring (bicyclic) bond motifs is 2. The van der Waals surface area contributed by atoms with E-state index in [4.69, 9.17) is 9.47 Å². The number of aromatic hydroxyl groups is 2. The van der Waals surface area contributed by atoms with Crippen molar-refractivity contribution in [1.29, 1.82) is 0 Å². The molecule has 2 N–H and O–H groups in total. The molecule has 0 aliphatic carbocycles. The van der Waals surface area contributed by atoms with Crippen LogP contribution < -0.4 is 9.47 Å². The van der Waals surface area contributed by atoms with E-state index in [1.54, 1.807) is 54.6 Å². The number of carbonyl (C=O) groups excluding carboxylic acids is 2. The molecule has 7 heteroatoms. The molecule has 0 fully saturated rings. The zero-order valence-electron chi connectivity index (χ0n) is 18.1. The molecule has 0 unspecified atom stereocenters. The van der Waals surface area contributed by atoms with Crippen LogP contribution in [0, 0.1) is 5.82 Å². The molecule has 0 heterocycles. The van der Waals surface area contributed by atoms with Crippen LogP contribution in [0.4, 0.5) is 4.39 Å². The van der Waals surface area contributed by atoms with Gasteiger partial charge in [-0.05, 0) is 82.2 Å². The van der Waals surface area contributed by atoms with Gasteiger partial charge in [0.2, 0.25) is 0 Å². The molecule has 0 spiro atoms. The van der Waals surface area contributed by atoms with Crippen LogP contribution in [0.3, 0.4) is 0 Å². The van der Waals surface area contributed by atoms with E-state index in [1.807, 2.05) is 0 Å². The molecule has 0 atom stereocenters. The van der Waals surface area contributed by atoms with Gasteiger partial charge in [0.05, 0.1) is 11.1 Å². The molecule has 0 radical (unpaired) electrons. The van der Waals surface area contributed by atoms with Crippen LogP contribution in [0.15, 0.2) is 91.0 Å². The Hall–Kier alpha value is -4.91. The predicted molar refractivity (Wildman–Crippen MR) is 128 cm³/mol. The summed E-state index contributed by atoms with van der Waals surface area (Å²) in [4.78, 5) is 25.0. The topological polar surface area (TPSA) is 93.1 Å². The van der Waals surface area contributed by atoms with E-state index >= 15 is 0 Å². The highest BCUT2D eigenvalue weighted by molar-refractivity contribution is 5.97. The van der Waals surface area contributed by atoms with E-state index in [2.05, 4.69) is 0 Å². The van der Waals surface area contributed by atoms with Gasteiger partial charge in [-0.1, -0.05) is 24.3 Å². The van der Waals surface area contributed by atoms with Crippen LogP contribution in [0.5, 0.6) is 23.0 Å². The zero-order valence-corrected chi connectivity index (χ0v) is 18.1. The number of hydrogen-bond acceptors (Lipinski definition) is 6. The van der Waals surface area contributed by atoms with Gasteiger partial charge in [-0.2, -0.15) is 0 Å². The molecule has 0 bridgehead atoms. The second-order valence-corrected chi connectivity index (χ2v) is 7.86. The summed E-state index contributed by atoms with van der Waals surface area (Å²) < 4.78 is 25.1. The maximum absolute atomic E-state index is 14.6. The van der Waals surface area contributed by atoms with Crippen molar-refractivity contribution in [1.82, 2.24) is 0 Å². The average molecular weight is 468 g/mol. The molecule has 5 aromatic carbocycles. The minimum atomic E-state index is -0.872. The molecule has 172 valence electrons. The molecule has 0 aliphatic rings. The Balaban J connectivity index is 1.30. The van der Waals surface area contributed by atoms with Gasteiger partial charge in [0.25, 0.3) is 0 Å². The monoisotopic (exact) mass is 468 g/mol. The number of halogens is 1. The Morgan fingerprint density at radius 3 is 1.60 bits per heavy atom. The summed E-state index contributed by atoms with van der Waals surface area (Å²) in [5.41, 5.74) is 0.464. The molecule has 5 aromatic rings. The van der Waals surface area contributed by atoms with Crippen molar-refractivity contribution in [3.8, 4) is 23.0 Å². The van der Waals surface area contributed by atoms with Gasteiger partial charge in [-0.25, -0.2) is 14.0 Å². The van der Waals surface area contributed by atoms with Crippen molar-refractivity contribution in [3.05, 3.63) is 108 Å². The van der Waals surface area contributed by atoms with Crippen LogP contribution in [0.1, 0.15) is 20.7 Å². The number of benzene rings is 5. The molecule has 5 rings (SSSR count). The molecule has 0 aromatic heterocycles. The Bertz CT molecular complexity index is 1630. The second kappa shape index (κ2) is 8.79. The van der Waals surface area contributed by atoms with Gasteiger partial charge in [0.1, 0.15) is 17.2 Å². The van der Waals surface area contributed by atoms with Crippen molar-refractivity contribution in [3.63, 3.8) is 0 Å². The Kier molecular flexibility index (Phi) is 5.51. The van der Waals surface area contributed by atoms with Gasteiger partial charge < -0.3 is 19.7 Å². The summed E-state index contributed by atoms with van der Waals surface area (Å²) in [7, 11) is 0. The number of carbonyl (C=O) groups is 2. The molecule has 0 amide bonds. The lowest BCUT2D eigenvalue weighted by Gasteiger charge is -2.09. The number of phenolic OH excluding ortho intramolecular Hbond substituents is 2. The smallest absolute Gasteiger partial charge is 0.343 e. The molecular weight excluding hydrogens is 451 g/mol. The van der Waals surface area contributed by atoms with Crippen molar-refractivity contribution >= 4 is 33.5 Å². The quantitative estimate of drug-likeness (QED) is 0.249. The highest BCUT2D eigenvalue weighted by Crippen LogP contribution is 2.27. The van der Waals surface area contributed by atoms with E-state index < -0.39 is 17.8 Å². The third kappa shape index (κ3) is 4.60. The number of rotatable bonds is 4. The van der Waals surface area contributed by atoms with Crippen LogP contribution in [0.25, 0.3) is 21.5 Å². The predicted octanol–water partition coefficient (Wildman–Crippen LogP) is 5.98. The van der Waals surface area contributed by atoms with Gasteiger partial charge in [-0.15, -0.1) is 0 Å². The Morgan fingerprint density at radius 2 is 1.06 bits per heavy atom. The summed E-state index contributed by atoms with van der Waals surface area (Å²) in [6.07, 6.45) is 0. The summed E-state index contributed by atoms with van der Waals surface area (Å²) >= 11 is 0. The van der Waals surface area contributed by atoms with Crippen LogP contribution in [-0.2, 0) is 0 Å². The highest BCUT2D eigenvalue weighted by Gasteiger charge is 2.16. The third-order valence-electron chi connectivity index (χ3n) is 5.44. The van der Waals surface area contributed by atoms with Gasteiger partial charge in [0, 0.05) is 6.07 Å². The number of ether oxygens (including phenoxy) is 2. The molecule has 0 saturated heterocycles. The summed E-state index contributed by atoms with van der Waals surface area (Å²) in [6.45, 7) is 0. The molecule has 0 saturated carbocycles. The summed E-state index contributed by atoms with van der Waals surface area (Å²) in [5, 5.41) is 22.0. The van der Waals surface area contributed by atoms with Crippen LogP contribution in [-0.4, -0.2) is 22.2 Å². The van der Waals surface area contributed by atoms with Crippen LogP contribution in [0.2, 0.25) is 0 Å². The lowest BCUT2D eigenvalue weighted by molar-refractivity contribution is 0.0714. The van der Waals surface area contributed by atoms with Gasteiger partial charge in [0.15, 0.2) is 11.6 Å². The normalized spacial score (nSPS) is 10.9. The van der Waals surface area contributed by atoms with Crippen molar-refractivity contribution in [2.24, 2.45) is 0 Å². The fraction of sp³-hybridized carbons (Fsp3) is 0.